The highest BCUT2D eigenvalue weighted by atomic mass is 16.2. The van der Waals surface area contributed by atoms with Crippen LogP contribution in [-0.4, -0.2) is 27.1 Å². The van der Waals surface area contributed by atoms with Gasteiger partial charge in [0.1, 0.15) is 17.8 Å². The van der Waals surface area contributed by atoms with Gasteiger partial charge in [-0.3, -0.25) is 0 Å². The van der Waals surface area contributed by atoms with Crippen LogP contribution in [0.1, 0.15) is 11.1 Å². The zero-order valence-corrected chi connectivity index (χ0v) is 25.8. The fraction of sp³-hybridized carbons (Fsp3) is 0.0750. The Morgan fingerprint density at radius 2 is 1.17 bits per heavy atom. The van der Waals surface area contributed by atoms with Gasteiger partial charge in [0.15, 0.2) is 0 Å². The van der Waals surface area contributed by atoms with Crippen LogP contribution in [0.5, 0.6) is 0 Å². The van der Waals surface area contributed by atoms with Crippen LogP contribution in [0.3, 0.4) is 0 Å². The predicted octanol–water partition coefficient (Wildman–Crippen LogP) is 9.11. The number of fused-ring (bicyclic) bond motifs is 1. The van der Waals surface area contributed by atoms with Crippen LogP contribution in [0.25, 0.3) is 33.4 Å². The van der Waals surface area contributed by atoms with Crippen molar-refractivity contribution in [2.24, 2.45) is 0 Å². The average molecular weight is 615 g/mol. The van der Waals surface area contributed by atoms with E-state index in [1.807, 2.05) is 72.8 Å². The number of nitrogens with one attached hydrogen (secondary N) is 3. The number of benzene rings is 5. The molecule has 0 unspecified atom stereocenters. The van der Waals surface area contributed by atoms with Crippen LogP contribution in [0.4, 0.5) is 22.0 Å². The predicted molar refractivity (Wildman–Crippen MR) is 192 cm³/mol. The molecule has 0 radical (unpaired) electrons. The SMILES string of the molecule is O=C(Nc1ccccc1)Nc1ccc(CCNc2ncnc3c2c(-c2ccccc2)c(-c2ccccc2)n3Cc2ccccc2)cc1. The largest absolute Gasteiger partial charge is 0.369 e. The van der Waals surface area contributed by atoms with Crippen molar-refractivity contribution in [1.82, 2.24) is 14.5 Å². The quantitative estimate of drug-likeness (QED) is 0.143. The molecule has 0 aliphatic carbocycles. The molecule has 0 atom stereocenters. The summed E-state index contributed by atoms with van der Waals surface area (Å²) in [5.74, 6) is 0.800. The molecule has 5 aromatic carbocycles. The smallest absolute Gasteiger partial charge is 0.323 e. The standard InChI is InChI=1S/C40H34N6O/c47-40(44-33-19-11-4-12-20-33)45-34-23-21-29(22-24-34)25-26-41-38-36-35(31-15-7-2-8-16-31)37(32-17-9-3-10-18-32)46(39(36)43-28-42-38)27-30-13-5-1-6-14-30/h1-24,28H,25-27H2,(H,41,42,43)(H2,44,45,47). The molecule has 0 bridgehead atoms. The van der Waals surface area contributed by atoms with Gasteiger partial charge in [0, 0.05) is 30.0 Å². The number of aromatic nitrogens is 3. The summed E-state index contributed by atoms with van der Waals surface area (Å²) in [7, 11) is 0. The van der Waals surface area contributed by atoms with Gasteiger partial charge in [-0.1, -0.05) is 121 Å². The van der Waals surface area contributed by atoms with Gasteiger partial charge in [0.25, 0.3) is 0 Å². The Morgan fingerprint density at radius 3 is 1.83 bits per heavy atom. The average Bonchev–Trinajstić information content (AvgIpc) is 3.45. The maximum atomic E-state index is 12.4. The van der Waals surface area contributed by atoms with Gasteiger partial charge in [-0.2, -0.15) is 0 Å². The maximum absolute atomic E-state index is 12.4. The Labute approximate surface area is 274 Å². The molecule has 230 valence electrons. The third-order valence-electron chi connectivity index (χ3n) is 8.08. The highest BCUT2D eigenvalue weighted by Crippen LogP contribution is 2.43. The van der Waals surface area contributed by atoms with Gasteiger partial charge in [-0.15, -0.1) is 0 Å². The molecule has 0 fully saturated rings. The molecule has 2 heterocycles. The summed E-state index contributed by atoms with van der Waals surface area (Å²) in [5, 5.41) is 10.4. The molecule has 7 heteroatoms. The number of anilines is 3. The molecule has 7 aromatic rings. The van der Waals surface area contributed by atoms with E-state index in [0.717, 1.165) is 62.6 Å². The fourth-order valence-electron chi connectivity index (χ4n) is 5.90. The lowest BCUT2D eigenvalue weighted by molar-refractivity contribution is 0.262. The van der Waals surface area contributed by atoms with Crippen molar-refractivity contribution in [2.45, 2.75) is 13.0 Å². The van der Waals surface area contributed by atoms with Crippen LogP contribution < -0.4 is 16.0 Å². The van der Waals surface area contributed by atoms with Crippen molar-refractivity contribution in [3.63, 3.8) is 0 Å². The van der Waals surface area contributed by atoms with E-state index in [-0.39, 0.29) is 6.03 Å². The summed E-state index contributed by atoms with van der Waals surface area (Å²) < 4.78 is 2.31. The molecule has 0 aliphatic heterocycles. The fourth-order valence-corrected chi connectivity index (χ4v) is 5.90. The van der Waals surface area contributed by atoms with E-state index in [1.54, 1.807) is 6.33 Å². The minimum absolute atomic E-state index is 0.276. The number of nitrogens with zero attached hydrogens (tertiary/aromatic N) is 3. The minimum atomic E-state index is -0.276. The third-order valence-corrected chi connectivity index (χ3v) is 8.08. The van der Waals surface area contributed by atoms with Crippen LogP contribution in [-0.2, 0) is 13.0 Å². The number of para-hydroxylation sites is 1. The highest BCUT2D eigenvalue weighted by Gasteiger charge is 2.24. The van der Waals surface area contributed by atoms with Crippen molar-refractivity contribution < 1.29 is 4.79 Å². The van der Waals surface area contributed by atoms with Gasteiger partial charge < -0.3 is 20.5 Å². The van der Waals surface area contributed by atoms with Gasteiger partial charge >= 0.3 is 6.03 Å². The molecule has 0 aliphatic rings. The van der Waals surface area contributed by atoms with Gasteiger partial charge in [0.2, 0.25) is 0 Å². The Balaban J connectivity index is 1.17. The Bertz CT molecular complexity index is 2080. The van der Waals surface area contributed by atoms with E-state index in [0.29, 0.717) is 13.1 Å². The van der Waals surface area contributed by atoms with Crippen molar-refractivity contribution in [1.29, 1.82) is 0 Å². The topological polar surface area (TPSA) is 83.9 Å². The number of urea groups is 1. The molecule has 3 N–H and O–H groups in total. The molecule has 7 nitrogen and oxygen atoms in total. The summed E-state index contributed by atoms with van der Waals surface area (Å²) in [5.41, 5.74) is 9.15. The summed E-state index contributed by atoms with van der Waals surface area (Å²) in [4.78, 5) is 22.0. The Hall–Kier alpha value is -6.21. The zero-order valence-electron chi connectivity index (χ0n) is 25.8. The highest BCUT2D eigenvalue weighted by molar-refractivity contribution is 6.08. The van der Waals surface area contributed by atoms with E-state index in [1.165, 1.54) is 5.56 Å². The summed E-state index contributed by atoms with van der Waals surface area (Å²) in [6.45, 7) is 1.35. The number of carbonyl (C=O) groups is 1. The van der Waals surface area contributed by atoms with Crippen LogP contribution in [0.15, 0.2) is 152 Å². The lowest BCUT2D eigenvalue weighted by Crippen LogP contribution is -2.19. The van der Waals surface area contributed by atoms with E-state index in [4.69, 9.17) is 9.97 Å². The molecular formula is C40H34N6O. The van der Waals surface area contributed by atoms with Crippen LogP contribution >= 0.6 is 0 Å². The number of hydrogen-bond donors (Lipinski definition) is 3. The van der Waals surface area contributed by atoms with Crippen molar-refractivity contribution >= 4 is 34.3 Å². The number of carbonyl (C=O) groups excluding carboxylic acids is 1. The van der Waals surface area contributed by atoms with E-state index in [9.17, 15) is 4.79 Å². The molecule has 2 aromatic heterocycles. The lowest BCUT2D eigenvalue weighted by Gasteiger charge is -2.13. The number of hydrogen-bond acceptors (Lipinski definition) is 4. The Morgan fingerprint density at radius 1 is 0.596 bits per heavy atom. The van der Waals surface area contributed by atoms with Crippen LogP contribution in [0.2, 0.25) is 0 Å². The molecule has 0 spiro atoms. The van der Waals surface area contributed by atoms with Gasteiger partial charge in [0.05, 0.1) is 11.1 Å². The first-order chi connectivity index (χ1) is 23.2. The van der Waals surface area contributed by atoms with E-state index < -0.39 is 0 Å². The van der Waals surface area contributed by atoms with Gasteiger partial charge in [-0.25, -0.2) is 14.8 Å². The second-order valence-corrected chi connectivity index (χ2v) is 11.3. The lowest BCUT2D eigenvalue weighted by atomic mass is 9.98. The van der Waals surface area contributed by atoms with Gasteiger partial charge in [-0.05, 0) is 52.9 Å². The number of amides is 2. The summed E-state index contributed by atoms with van der Waals surface area (Å²) in [6, 6.07) is 48.5. The van der Waals surface area contributed by atoms with Crippen molar-refractivity contribution in [2.75, 3.05) is 22.5 Å². The minimum Gasteiger partial charge on any atom is -0.369 e. The second kappa shape index (κ2) is 13.8. The monoisotopic (exact) mass is 614 g/mol. The Kier molecular flexibility index (Phi) is 8.68. The van der Waals surface area contributed by atoms with Crippen LogP contribution in [0, 0.1) is 0 Å². The normalized spacial score (nSPS) is 10.9. The zero-order chi connectivity index (χ0) is 31.8. The molecule has 47 heavy (non-hydrogen) atoms. The number of rotatable bonds is 10. The van der Waals surface area contributed by atoms with E-state index in [2.05, 4.69) is 93.3 Å². The molecule has 0 saturated heterocycles. The summed E-state index contributed by atoms with van der Waals surface area (Å²) in [6.07, 6.45) is 2.43. The summed E-state index contributed by atoms with van der Waals surface area (Å²) >= 11 is 0. The molecule has 0 saturated carbocycles. The first-order valence-corrected chi connectivity index (χ1v) is 15.7. The van der Waals surface area contributed by atoms with Crippen molar-refractivity contribution in [3.05, 3.63) is 163 Å². The molecule has 2 amide bonds. The first kappa shape index (κ1) is 29.5. The molecule has 7 rings (SSSR count). The maximum Gasteiger partial charge on any atom is 0.323 e. The first-order valence-electron chi connectivity index (χ1n) is 15.7. The van der Waals surface area contributed by atoms with E-state index >= 15 is 0 Å². The second-order valence-electron chi connectivity index (χ2n) is 11.3. The third kappa shape index (κ3) is 6.74. The van der Waals surface area contributed by atoms with Crippen molar-refractivity contribution in [3.8, 4) is 22.4 Å². The molecular weight excluding hydrogens is 580 g/mol.